The molecule has 0 unspecified atom stereocenters. The van der Waals surface area contributed by atoms with E-state index in [1.807, 2.05) is 51.1 Å². The van der Waals surface area contributed by atoms with E-state index in [4.69, 9.17) is 16.3 Å². The molecule has 1 amide bonds. The zero-order valence-electron chi connectivity index (χ0n) is 26.0. The van der Waals surface area contributed by atoms with Crippen molar-refractivity contribution >= 4 is 64.1 Å². The lowest BCUT2D eigenvalue weighted by Crippen LogP contribution is -2.55. The number of piperazine rings is 1. The van der Waals surface area contributed by atoms with Gasteiger partial charge in [-0.3, -0.25) is 9.21 Å². The Morgan fingerprint density at radius 3 is 2.44 bits per heavy atom. The molecule has 3 aromatic rings. The van der Waals surface area contributed by atoms with E-state index in [0.717, 1.165) is 39.0 Å². The van der Waals surface area contributed by atoms with Gasteiger partial charge in [0, 0.05) is 58.0 Å². The van der Waals surface area contributed by atoms with Gasteiger partial charge in [0.15, 0.2) is 5.82 Å². The minimum atomic E-state index is -0.500. The molecule has 14 heteroatoms. The molecular weight excluding hydrogens is 619 g/mol. The number of thiol groups is 1. The smallest absolute Gasteiger partial charge is 0.410 e. The Hall–Kier alpha value is -3.68. The number of aromatic nitrogens is 2. The first kappa shape index (κ1) is 32.7. The summed E-state index contributed by atoms with van der Waals surface area (Å²) in [6.07, 6.45) is 3.06. The second-order valence-corrected chi connectivity index (χ2v) is 13.3. The Kier molecular flexibility index (Phi) is 10.3. The fourth-order valence-corrected chi connectivity index (χ4v) is 5.99. The van der Waals surface area contributed by atoms with E-state index < -0.39 is 5.60 Å². The summed E-state index contributed by atoms with van der Waals surface area (Å²) in [5.41, 5.74) is 1.93. The fourth-order valence-electron chi connectivity index (χ4n) is 5.59. The van der Waals surface area contributed by atoms with Crippen molar-refractivity contribution in [2.24, 2.45) is 0 Å². The van der Waals surface area contributed by atoms with Crippen molar-refractivity contribution in [1.29, 1.82) is 0 Å². The highest BCUT2D eigenvalue weighted by atomic mass is 35.5. The third kappa shape index (κ3) is 8.33. The quantitative estimate of drug-likeness (QED) is 0.268. The molecule has 0 aliphatic carbocycles. The van der Waals surface area contributed by atoms with Gasteiger partial charge in [0.05, 0.1) is 23.3 Å². The Bertz CT molecular complexity index is 1510. The summed E-state index contributed by atoms with van der Waals surface area (Å²) in [7, 11) is 1.70. The van der Waals surface area contributed by atoms with Gasteiger partial charge in [-0.25, -0.2) is 18.4 Å². The molecule has 2 aliphatic rings. The normalized spacial score (nSPS) is 16.4. The summed E-state index contributed by atoms with van der Waals surface area (Å²) in [6, 6.07) is 12.8. The van der Waals surface area contributed by atoms with Gasteiger partial charge < -0.3 is 25.2 Å². The standard InChI is InChI=1S/C31H40ClFN8O3S/c1-31(2,3)44-30(42)41-17-15-39(16-18-41)22-11-13-40(14-12-22)26-10-9-21(19-24(26)33)35-29-34-20-23(32)28(37-29)36-25-7-5-6-8-27(25)38(4)45-43/h5-10,19-20,22,45H,11-18H2,1-4H3,(H2,34,35,36,37). The summed E-state index contributed by atoms with van der Waals surface area (Å²) in [5, 5.41) is 6.54. The van der Waals surface area contributed by atoms with Crippen LogP contribution in [0.1, 0.15) is 33.6 Å². The highest BCUT2D eigenvalue weighted by molar-refractivity contribution is 7.67. The molecule has 0 spiro atoms. The minimum Gasteiger partial charge on any atom is -0.444 e. The number of anilines is 6. The number of carbonyl (C=O) groups is 1. The molecule has 2 N–H and O–H groups in total. The maximum Gasteiger partial charge on any atom is 0.410 e. The van der Waals surface area contributed by atoms with E-state index >= 15 is 4.39 Å². The number of nitrogens with one attached hydrogen (secondary N) is 2. The maximum absolute atomic E-state index is 15.4. The first-order valence-electron chi connectivity index (χ1n) is 15.0. The van der Waals surface area contributed by atoms with Crippen LogP contribution in [0.5, 0.6) is 0 Å². The number of rotatable bonds is 8. The van der Waals surface area contributed by atoms with Crippen molar-refractivity contribution in [2.75, 3.05) is 66.2 Å². The first-order chi connectivity index (χ1) is 21.5. The summed E-state index contributed by atoms with van der Waals surface area (Å²) >= 11 is 6.21. The van der Waals surface area contributed by atoms with Crippen molar-refractivity contribution in [3.05, 3.63) is 59.5 Å². The molecule has 0 bridgehead atoms. The van der Waals surface area contributed by atoms with Crippen molar-refractivity contribution in [1.82, 2.24) is 19.8 Å². The first-order valence-corrected chi connectivity index (χ1v) is 16.1. The van der Waals surface area contributed by atoms with Crippen LogP contribution >= 0.6 is 11.6 Å². The fraction of sp³-hybridized carbons (Fsp3) is 0.452. The Balaban J connectivity index is 1.16. The highest BCUT2D eigenvalue weighted by Gasteiger charge is 2.31. The molecule has 3 heterocycles. The molecule has 242 valence electrons. The van der Waals surface area contributed by atoms with Crippen LogP contribution in [-0.4, -0.2) is 88.0 Å². The van der Waals surface area contributed by atoms with Crippen LogP contribution in [0.2, 0.25) is 5.02 Å². The third-order valence-corrected chi connectivity index (χ3v) is 8.60. The number of carbonyl (C=O) groups excluding carboxylic acids is 1. The lowest BCUT2D eigenvalue weighted by Gasteiger charge is -2.43. The predicted molar refractivity (Wildman–Crippen MR) is 179 cm³/mol. The Morgan fingerprint density at radius 2 is 1.78 bits per heavy atom. The molecular formula is C31H40ClFN8O3S. The van der Waals surface area contributed by atoms with E-state index in [0.29, 0.717) is 52.7 Å². The predicted octanol–water partition coefficient (Wildman–Crippen LogP) is 5.57. The number of amides is 1. The largest absolute Gasteiger partial charge is 0.444 e. The number of nitrogens with zero attached hydrogens (tertiary/aromatic N) is 6. The Labute approximate surface area is 272 Å². The van der Waals surface area contributed by atoms with Crippen molar-refractivity contribution < 1.29 is 18.1 Å². The second-order valence-electron chi connectivity index (χ2n) is 12.2. The van der Waals surface area contributed by atoms with Gasteiger partial charge in [-0.2, -0.15) is 4.98 Å². The SMILES string of the molecule is CN([SH]=O)c1ccccc1Nc1nc(Nc2ccc(N3CCC(N4CCN(C(=O)OC(C)(C)C)CC4)CC3)c(F)c2)ncc1Cl. The molecule has 0 atom stereocenters. The second kappa shape index (κ2) is 14.2. The average Bonchev–Trinajstić information content (AvgIpc) is 3.02. The van der Waals surface area contributed by atoms with Gasteiger partial charge in [0.2, 0.25) is 5.95 Å². The van der Waals surface area contributed by atoms with E-state index in [-0.39, 0.29) is 29.7 Å². The average molecular weight is 659 g/mol. The Morgan fingerprint density at radius 1 is 1.07 bits per heavy atom. The van der Waals surface area contributed by atoms with Gasteiger partial charge >= 0.3 is 6.09 Å². The molecule has 1 aromatic heterocycles. The van der Waals surface area contributed by atoms with Crippen LogP contribution < -0.4 is 19.8 Å². The number of ether oxygens (including phenoxy) is 1. The summed E-state index contributed by atoms with van der Waals surface area (Å²) in [4.78, 5) is 27.4. The maximum atomic E-state index is 15.4. The van der Waals surface area contributed by atoms with Gasteiger partial charge in [0.25, 0.3) is 0 Å². The van der Waals surface area contributed by atoms with Crippen molar-refractivity contribution in [3.8, 4) is 0 Å². The molecule has 5 rings (SSSR count). The molecule has 2 aromatic carbocycles. The number of halogens is 2. The van der Waals surface area contributed by atoms with Crippen LogP contribution in [0.4, 0.5) is 43.7 Å². The number of piperidine rings is 1. The van der Waals surface area contributed by atoms with Crippen LogP contribution in [-0.2, 0) is 16.6 Å². The van der Waals surface area contributed by atoms with Crippen molar-refractivity contribution in [2.45, 2.75) is 45.3 Å². The van der Waals surface area contributed by atoms with Gasteiger partial charge in [-0.15, -0.1) is 0 Å². The van der Waals surface area contributed by atoms with E-state index in [1.165, 1.54) is 12.3 Å². The molecule has 11 nitrogen and oxygen atoms in total. The van der Waals surface area contributed by atoms with E-state index in [2.05, 4.69) is 30.4 Å². The van der Waals surface area contributed by atoms with Crippen LogP contribution in [0.3, 0.4) is 0 Å². The summed E-state index contributed by atoms with van der Waals surface area (Å²) < 4.78 is 33.8. The summed E-state index contributed by atoms with van der Waals surface area (Å²) in [5.74, 6) is 0.267. The number of para-hydroxylation sites is 2. The zero-order valence-corrected chi connectivity index (χ0v) is 27.6. The van der Waals surface area contributed by atoms with Gasteiger partial charge in [-0.05, 0) is 63.9 Å². The monoisotopic (exact) mass is 658 g/mol. The number of hydrogen-bond donors (Lipinski definition) is 3. The molecule has 0 radical (unpaired) electrons. The molecule has 2 saturated heterocycles. The van der Waals surface area contributed by atoms with E-state index in [1.54, 1.807) is 22.3 Å². The molecule has 45 heavy (non-hydrogen) atoms. The lowest BCUT2D eigenvalue weighted by molar-refractivity contribution is 0.00901. The van der Waals surface area contributed by atoms with Crippen LogP contribution in [0, 0.1) is 5.82 Å². The molecule has 0 saturated carbocycles. The lowest BCUT2D eigenvalue weighted by atomic mass is 10.0. The zero-order chi connectivity index (χ0) is 32.1. The number of hydrogen-bond acceptors (Lipinski definition) is 9. The topological polar surface area (TPSA) is 106 Å². The van der Waals surface area contributed by atoms with Gasteiger partial charge in [0.1, 0.15) is 28.3 Å². The van der Waals surface area contributed by atoms with Crippen LogP contribution in [0.25, 0.3) is 0 Å². The number of benzene rings is 2. The van der Waals surface area contributed by atoms with Gasteiger partial charge in [-0.1, -0.05) is 23.7 Å². The van der Waals surface area contributed by atoms with Crippen molar-refractivity contribution in [3.63, 3.8) is 0 Å². The summed E-state index contributed by atoms with van der Waals surface area (Å²) in [6.45, 7) is 10.1. The highest BCUT2D eigenvalue weighted by Crippen LogP contribution is 2.32. The van der Waals surface area contributed by atoms with E-state index in [9.17, 15) is 9.00 Å². The minimum absolute atomic E-state index is 0.157. The van der Waals surface area contributed by atoms with Crippen LogP contribution in [0.15, 0.2) is 48.7 Å². The molecule has 2 aliphatic heterocycles. The third-order valence-electron chi connectivity index (χ3n) is 7.86. The molecule has 2 fully saturated rings.